The Bertz CT molecular complexity index is 535. The number of carbonyl (C=O) groups excluding carboxylic acids is 1. The highest BCUT2D eigenvalue weighted by atomic mass is 16.1. The highest BCUT2D eigenvalue weighted by Crippen LogP contribution is 2.27. The summed E-state index contributed by atoms with van der Waals surface area (Å²) in [6.45, 7) is 0. The van der Waals surface area contributed by atoms with Crippen LogP contribution in [-0.2, 0) is 12.8 Å². The summed E-state index contributed by atoms with van der Waals surface area (Å²) >= 11 is 0. The Morgan fingerprint density at radius 2 is 1.90 bits per heavy atom. The monoisotopic (exact) mass is 288 g/mol. The predicted molar refractivity (Wildman–Crippen MR) is 83.3 cm³/mol. The number of nitrogens with two attached hydrogens (primary N) is 2. The van der Waals surface area contributed by atoms with Crippen molar-refractivity contribution in [1.82, 2.24) is 4.98 Å². The molecule has 3 rings (SSSR count). The maximum absolute atomic E-state index is 11.7. The van der Waals surface area contributed by atoms with Gasteiger partial charge in [0.2, 0.25) is 0 Å². The van der Waals surface area contributed by atoms with E-state index in [1.165, 1.54) is 18.4 Å². The second kappa shape index (κ2) is 6.02. The smallest absolute Gasteiger partial charge is 0.252 e. The summed E-state index contributed by atoms with van der Waals surface area (Å²) in [6.07, 6.45) is 8.44. The number of pyridine rings is 1. The molecule has 0 aromatic carbocycles. The Balaban J connectivity index is 1.84. The fraction of sp³-hybridized carbons (Fsp3) is 0.625. The van der Waals surface area contributed by atoms with Gasteiger partial charge in [-0.3, -0.25) is 4.79 Å². The van der Waals surface area contributed by atoms with Crippen molar-refractivity contribution in [3.05, 3.63) is 22.9 Å². The van der Waals surface area contributed by atoms with Crippen molar-refractivity contribution in [2.24, 2.45) is 11.5 Å². The Kier molecular flexibility index (Phi) is 4.10. The third kappa shape index (κ3) is 3.18. The Morgan fingerprint density at radius 1 is 1.19 bits per heavy atom. The zero-order chi connectivity index (χ0) is 14.8. The van der Waals surface area contributed by atoms with Crippen molar-refractivity contribution >= 4 is 11.7 Å². The van der Waals surface area contributed by atoms with Crippen LogP contribution in [0.5, 0.6) is 0 Å². The number of rotatable bonds is 3. The van der Waals surface area contributed by atoms with E-state index >= 15 is 0 Å². The summed E-state index contributed by atoms with van der Waals surface area (Å²) in [5.74, 6) is 0.273. The number of aromatic nitrogens is 1. The molecule has 0 aliphatic heterocycles. The topological polar surface area (TPSA) is 94.0 Å². The highest BCUT2D eigenvalue weighted by Gasteiger charge is 2.22. The van der Waals surface area contributed by atoms with Crippen LogP contribution in [0.15, 0.2) is 6.07 Å². The van der Waals surface area contributed by atoms with E-state index in [9.17, 15) is 4.79 Å². The molecule has 1 fully saturated rings. The maximum Gasteiger partial charge on any atom is 0.252 e. The van der Waals surface area contributed by atoms with Gasteiger partial charge < -0.3 is 16.8 Å². The van der Waals surface area contributed by atoms with Gasteiger partial charge in [-0.1, -0.05) is 0 Å². The lowest BCUT2D eigenvalue weighted by atomic mass is 9.91. The number of anilines is 1. The van der Waals surface area contributed by atoms with E-state index < -0.39 is 5.91 Å². The zero-order valence-electron chi connectivity index (χ0n) is 12.4. The van der Waals surface area contributed by atoms with Crippen LogP contribution in [-0.4, -0.2) is 23.0 Å². The van der Waals surface area contributed by atoms with Gasteiger partial charge in [0.15, 0.2) is 0 Å². The number of carbonyl (C=O) groups is 1. The van der Waals surface area contributed by atoms with Crippen LogP contribution in [0.3, 0.4) is 0 Å². The molecule has 0 saturated heterocycles. The second-order valence-corrected chi connectivity index (χ2v) is 6.32. The third-order valence-corrected chi connectivity index (χ3v) is 4.68. The first-order chi connectivity index (χ1) is 10.1. The summed E-state index contributed by atoms with van der Waals surface area (Å²) in [5.41, 5.74) is 14.3. The summed E-state index contributed by atoms with van der Waals surface area (Å²) in [6, 6.07) is 2.60. The molecule has 1 saturated carbocycles. The Hall–Kier alpha value is -1.62. The highest BCUT2D eigenvalue weighted by molar-refractivity contribution is 5.97. The molecule has 21 heavy (non-hydrogen) atoms. The lowest BCUT2D eigenvalue weighted by Crippen LogP contribution is -2.33. The zero-order valence-corrected chi connectivity index (χ0v) is 12.4. The molecule has 1 heterocycles. The van der Waals surface area contributed by atoms with E-state index in [0.29, 0.717) is 23.5 Å². The SMILES string of the molecule is NC(=O)c1cc2c(nc1NC1CCC(N)CC1)CCCC2. The predicted octanol–water partition coefficient (Wildman–Crippen LogP) is 1.74. The van der Waals surface area contributed by atoms with Gasteiger partial charge in [0.25, 0.3) is 5.91 Å². The van der Waals surface area contributed by atoms with Crippen LogP contribution in [0, 0.1) is 0 Å². The standard InChI is InChI=1S/C16H24N4O/c17-11-5-7-12(8-6-11)19-16-13(15(18)21)9-10-3-1-2-4-14(10)20-16/h9,11-12H,1-8,17H2,(H2,18,21)(H,19,20). The lowest BCUT2D eigenvalue weighted by Gasteiger charge is -2.28. The average Bonchev–Trinajstić information content (AvgIpc) is 2.48. The van der Waals surface area contributed by atoms with Gasteiger partial charge in [-0.2, -0.15) is 0 Å². The number of hydrogen-bond donors (Lipinski definition) is 3. The number of amides is 1. The summed E-state index contributed by atoms with van der Waals surface area (Å²) < 4.78 is 0. The van der Waals surface area contributed by atoms with Crippen LogP contribution in [0.25, 0.3) is 0 Å². The largest absolute Gasteiger partial charge is 0.367 e. The molecule has 0 bridgehead atoms. The number of hydrogen-bond acceptors (Lipinski definition) is 4. The van der Waals surface area contributed by atoms with E-state index in [-0.39, 0.29) is 0 Å². The van der Waals surface area contributed by atoms with Gasteiger partial charge in [-0.25, -0.2) is 4.98 Å². The van der Waals surface area contributed by atoms with Crippen LogP contribution >= 0.6 is 0 Å². The second-order valence-electron chi connectivity index (χ2n) is 6.32. The molecule has 0 unspecified atom stereocenters. The first kappa shape index (κ1) is 14.3. The Morgan fingerprint density at radius 3 is 2.62 bits per heavy atom. The molecule has 5 nitrogen and oxygen atoms in total. The van der Waals surface area contributed by atoms with Crippen molar-refractivity contribution < 1.29 is 4.79 Å². The first-order valence-electron chi connectivity index (χ1n) is 7.98. The normalized spacial score (nSPS) is 25.2. The summed E-state index contributed by atoms with van der Waals surface area (Å²) in [7, 11) is 0. The Labute approximate surface area is 125 Å². The summed E-state index contributed by atoms with van der Waals surface area (Å²) in [5, 5.41) is 3.43. The number of nitrogens with zero attached hydrogens (tertiary/aromatic N) is 1. The number of aryl methyl sites for hydroxylation is 2. The third-order valence-electron chi connectivity index (χ3n) is 4.68. The molecule has 0 spiro atoms. The number of nitrogens with one attached hydrogen (secondary N) is 1. The van der Waals surface area contributed by atoms with Crippen molar-refractivity contribution in [3.8, 4) is 0 Å². The van der Waals surface area contributed by atoms with Gasteiger partial charge in [0.1, 0.15) is 5.82 Å². The first-order valence-corrected chi connectivity index (χ1v) is 7.98. The minimum atomic E-state index is -0.397. The summed E-state index contributed by atoms with van der Waals surface area (Å²) in [4.78, 5) is 16.4. The fourth-order valence-electron chi connectivity index (χ4n) is 3.39. The molecular formula is C16H24N4O. The molecule has 1 aromatic heterocycles. The van der Waals surface area contributed by atoms with E-state index in [0.717, 1.165) is 44.2 Å². The van der Waals surface area contributed by atoms with E-state index in [1.807, 2.05) is 6.07 Å². The van der Waals surface area contributed by atoms with Gasteiger partial charge in [0, 0.05) is 17.8 Å². The van der Waals surface area contributed by atoms with Gasteiger partial charge >= 0.3 is 0 Å². The fourth-order valence-corrected chi connectivity index (χ4v) is 3.39. The van der Waals surface area contributed by atoms with Crippen LogP contribution in [0.4, 0.5) is 5.82 Å². The molecule has 5 heteroatoms. The van der Waals surface area contributed by atoms with Crippen LogP contribution in [0.2, 0.25) is 0 Å². The van der Waals surface area contributed by atoms with Crippen LogP contribution < -0.4 is 16.8 Å². The average molecular weight is 288 g/mol. The molecule has 2 aliphatic rings. The molecule has 0 atom stereocenters. The molecule has 5 N–H and O–H groups in total. The molecule has 2 aliphatic carbocycles. The van der Waals surface area contributed by atoms with Gasteiger partial charge in [0.05, 0.1) is 5.56 Å². The molecule has 114 valence electrons. The van der Waals surface area contributed by atoms with Crippen LogP contribution in [0.1, 0.15) is 60.1 Å². The van der Waals surface area contributed by atoms with Gasteiger partial charge in [-0.15, -0.1) is 0 Å². The van der Waals surface area contributed by atoms with Gasteiger partial charge in [-0.05, 0) is 63.0 Å². The van der Waals surface area contributed by atoms with Crippen molar-refractivity contribution in [3.63, 3.8) is 0 Å². The van der Waals surface area contributed by atoms with Crippen molar-refractivity contribution in [2.75, 3.05) is 5.32 Å². The molecule has 1 amide bonds. The van der Waals surface area contributed by atoms with E-state index in [4.69, 9.17) is 16.5 Å². The van der Waals surface area contributed by atoms with E-state index in [2.05, 4.69) is 5.32 Å². The van der Waals surface area contributed by atoms with Crippen molar-refractivity contribution in [1.29, 1.82) is 0 Å². The van der Waals surface area contributed by atoms with E-state index in [1.54, 1.807) is 0 Å². The minimum Gasteiger partial charge on any atom is -0.367 e. The molecular weight excluding hydrogens is 264 g/mol. The lowest BCUT2D eigenvalue weighted by molar-refractivity contribution is 0.100. The number of primary amides is 1. The maximum atomic E-state index is 11.7. The molecule has 1 aromatic rings. The number of fused-ring (bicyclic) bond motifs is 1. The molecule has 0 radical (unpaired) electrons. The quantitative estimate of drug-likeness (QED) is 0.789. The van der Waals surface area contributed by atoms with Crippen molar-refractivity contribution in [2.45, 2.75) is 63.5 Å². The minimum absolute atomic E-state index is 0.315.